The van der Waals surface area contributed by atoms with Gasteiger partial charge < -0.3 is 0 Å². The number of hydrogen-bond acceptors (Lipinski definition) is 0. The van der Waals surface area contributed by atoms with Gasteiger partial charge in [0.2, 0.25) is 0 Å². The Morgan fingerprint density at radius 1 is 0.173 bits per heavy atom. The molecule has 10 aromatic carbocycles. The van der Waals surface area contributed by atoms with Crippen molar-refractivity contribution in [3.05, 3.63) is 206 Å². The van der Waals surface area contributed by atoms with Crippen molar-refractivity contribution in [1.29, 1.82) is 0 Å². The standard InChI is InChI=1S/C52H34/c1-3-13-35(14-4-1)44-32-45(41-24-23-36-15-7-8-18-38(36)29-41)34-46(33-44)42-26-25-40-31-43(28-27-39(40)30-42)52-49-21-11-9-19-47(49)51(37-16-5-2-6-17-37)48-20-10-12-22-50(48)52/h1-34H. The molecule has 242 valence electrons. The zero-order chi connectivity index (χ0) is 34.4. The quantitative estimate of drug-likeness (QED) is 0.161. The molecule has 0 aliphatic rings. The summed E-state index contributed by atoms with van der Waals surface area (Å²) >= 11 is 0. The Morgan fingerprint density at radius 3 is 1.06 bits per heavy atom. The van der Waals surface area contributed by atoms with Crippen LogP contribution >= 0.6 is 0 Å². The SMILES string of the molecule is c1ccc(-c2cc(-c3ccc4ccccc4c3)cc(-c3ccc4cc(-c5c6ccccc6c(-c6ccccc6)c6ccccc56)ccc4c3)c2)cc1. The lowest BCUT2D eigenvalue weighted by Crippen LogP contribution is -1.91. The first-order chi connectivity index (χ1) is 25.8. The fraction of sp³-hybridized carbons (Fsp3) is 0. The molecule has 0 heteroatoms. The monoisotopic (exact) mass is 658 g/mol. The summed E-state index contributed by atoms with van der Waals surface area (Å²) in [5, 5.41) is 10.1. The average molecular weight is 659 g/mol. The number of benzene rings is 10. The first-order valence-electron chi connectivity index (χ1n) is 18.0. The Morgan fingerprint density at radius 2 is 0.519 bits per heavy atom. The van der Waals surface area contributed by atoms with Crippen molar-refractivity contribution < 1.29 is 0 Å². The van der Waals surface area contributed by atoms with Crippen molar-refractivity contribution in [3.63, 3.8) is 0 Å². The Hall–Kier alpha value is -6.76. The Labute approximate surface area is 303 Å². The van der Waals surface area contributed by atoms with Gasteiger partial charge in [0.25, 0.3) is 0 Å². The summed E-state index contributed by atoms with van der Waals surface area (Å²) in [5.41, 5.74) is 12.4. The Kier molecular flexibility index (Phi) is 7.25. The average Bonchev–Trinajstić information content (AvgIpc) is 3.22. The molecular weight excluding hydrogens is 625 g/mol. The van der Waals surface area contributed by atoms with Gasteiger partial charge in [-0.1, -0.05) is 170 Å². The fourth-order valence-corrected chi connectivity index (χ4v) is 8.06. The van der Waals surface area contributed by atoms with E-state index in [1.807, 2.05) is 0 Å². The van der Waals surface area contributed by atoms with Gasteiger partial charge in [-0.05, 0) is 135 Å². The molecule has 0 amide bonds. The van der Waals surface area contributed by atoms with Crippen LogP contribution in [0.3, 0.4) is 0 Å². The van der Waals surface area contributed by atoms with E-state index in [0.717, 1.165) is 0 Å². The van der Waals surface area contributed by atoms with Crippen LogP contribution in [0.2, 0.25) is 0 Å². The van der Waals surface area contributed by atoms with E-state index in [9.17, 15) is 0 Å². The van der Waals surface area contributed by atoms with Crippen molar-refractivity contribution in [2.75, 3.05) is 0 Å². The van der Waals surface area contributed by atoms with Gasteiger partial charge in [0, 0.05) is 0 Å². The van der Waals surface area contributed by atoms with Gasteiger partial charge in [0.1, 0.15) is 0 Å². The molecule has 0 saturated heterocycles. The summed E-state index contributed by atoms with van der Waals surface area (Å²) < 4.78 is 0. The van der Waals surface area contributed by atoms with Crippen molar-refractivity contribution >= 4 is 43.1 Å². The molecule has 0 nitrogen and oxygen atoms in total. The maximum absolute atomic E-state index is 2.37. The van der Waals surface area contributed by atoms with Crippen molar-refractivity contribution in [2.24, 2.45) is 0 Å². The predicted octanol–water partition coefficient (Wildman–Crippen LogP) is 14.6. The third-order valence-corrected chi connectivity index (χ3v) is 10.6. The van der Waals surface area contributed by atoms with Crippen LogP contribution in [-0.2, 0) is 0 Å². The van der Waals surface area contributed by atoms with Crippen molar-refractivity contribution in [3.8, 4) is 55.6 Å². The summed E-state index contributed by atoms with van der Waals surface area (Å²) in [6.07, 6.45) is 0. The lowest BCUT2D eigenvalue weighted by Gasteiger charge is -2.18. The van der Waals surface area contributed by atoms with Crippen LogP contribution in [-0.4, -0.2) is 0 Å². The minimum Gasteiger partial charge on any atom is -0.0622 e. The largest absolute Gasteiger partial charge is 0.0622 e. The maximum atomic E-state index is 2.37. The van der Waals surface area contributed by atoms with E-state index < -0.39 is 0 Å². The molecular formula is C52H34. The summed E-state index contributed by atoms with van der Waals surface area (Å²) in [6, 6.07) is 75.6. The topological polar surface area (TPSA) is 0 Å². The molecule has 0 bridgehead atoms. The summed E-state index contributed by atoms with van der Waals surface area (Å²) in [4.78, 5) is 0. The highest BCUT2D eigenvalue weighted by molar-refractivity contribution is 6.21. The summed E-state index contributed by atoms with van der Waals surface area (Å²) in [5.74, 6) is 0. The molecule has 10 rings (SSSR count). The van der Waals surface area contributed by atoms with Crippen molar-refractivity contribution in [1.82, 2.24) is 0 Å². The molecule has 0 N–H and O–H groups in total. The molecule has 0 spiro atoms. The van der Waals surface area contributed by atoms with Gasteiger partial charge in [-0.3, -0.25) is 0 Å². The second-order valence-electron chi connectivity index (χ2n) is 13.7. The van der Waals surface area contributed by atoms with Gasteiger partial charge in [-0.2, -0.15) is 0 Å². The van der Waals surface area contributed by atoms with E-state index >= 15 is 0 Å². The van der Waals surface area contributed by atoms with E-state index in [2.05, 4.69) is 206 Å². The molecule has 0 atom stereocenters. The van der Waals surface area contributed by atoms with E-state index in [0.29, 0.717) is 0 Å². The third-order valence-electron chi connectivity index (χ3n) is 10.6. The van der Waals surface area contributed by atoms with Crippen LogP contribution < -0.4 is 0 Å². The van der Waals surface area contributed by atoms with E-state index in [1.54, 1.807) is 0 Å². The third kappa shape index (κ3) is 5.25. The minimum atomic E-state index is 1.21. The number of rotatable bonds is 5. The van der Waals surface area contributed by atoms with Gasteiger partial charge >= 0.3 is 0 Å². The van der Waals surface area contributed by atoms with E-state index in [4.69, 9.17) is 0 Å². The predicted molar refractivity (Wildman–Crippen MR) is 224 cm³/mol. The summed E-state index contributed by atoms with van der Waals surface area (Å²) in [6.45, 7) is 0. The summed E-state index contributed by atoms with van der Waals surface area (Å²) in [7, 11) is 0. The highest BCUT2D eigenvalue weighted by Crippen LogP contribution is 2.44. The highest BCUT2D eigenvalue weighted by atomic mass is 14.2. The lowest BCUT2D eigenvalue weighted by molar-refractivity contribution is 1.58. The molecule has 0 unspecified atom stereocenters. The van der Waals surface area contributed by atoms with Gasteiger partial charge in [-0.25, -0.2) is 0 Å². The molecule has 0 saturated carbocycles. The molecule has 0 heterocycles. The zero-order valence-electron chi connectivity index (χ0n) is 28.6. The Balaban J connectivity index is 1.12. The van der Waals surface area contributed by atoms with E-state index in [1.165, 1.54) is 98.7 Å². The number of hydrogen-bond donors (Lipinski definition) is 0. The molecule has 0 aliphatic heterocycles. The maximum Gasteiger partial charge on any atom is -0.00262 e. The highest BCUT2D eigenvalue weighted by Gasteiger charge is 2.17. The van der Waals surface area contributed by atoms with Crippen LogP contribution in [0.25, 0.3) is 98.7 Å². The molecule has 0 aromatic heterocycles. The molecule has 52 heavy (non-hydrogen) atoms. The molecule has 0 fully saturated rings. The second-order valence-corrected chi connectivity index (χ2v) is 13.7. The molecule has 10 aromatic rings. The second kappa shape index (κ2) is 12.5. The van der Waals surface area contributed by atoms with Crippen LogP contribution in [0.15, 0.2) is 206 Å². The normalized spacial score (nSPS) is 11.5. The first kappa shape index (κ1) is 30.1. The number of fused-ring (bicyclic) bond motifs is 4. The fourth-order valence-electron chi connectivity index (χ4n) is 8.06. The minimum absolute atomic E-state index is 1.21. The van der Waals surface area contributed by atoms with Crippen LogP contribution in [0.4, 0.5) is 0 Å². The molecule has 0 radical (unpaired) electrons. The van der Waals surface area contributed by atoms with Crippen LogP contribution in [0, 0.1) is 0 Å². The van der Waals surface area contributed by atoms with Gasteiger partial charge in [0.05, 0.1) is 0 Å². The molecule has 0 aliphatic carbocycles. The Bertz CT molecular complexity index is 2880. The van der Waals surface area contributed by atoms with Gasteiger partial charge in [-0.15, -0.1) is 0 Å². The van der Waals surface area contributed by atoms with Crippen LogP contribution in [0.5, 0.6) is 0 Å². The lowest BCUT2D eigenvalue weighted by atomic mass is 9.85. The van der Waals surface area contributed by atoms with Crippen LogP contribution in [0.1, 0.15) is 0 Å². The zero-order valence-corrected chi connectivity index (χ0v) is 28.6. The van der Waals surface area contributed by atoms with Gasteiger partial charge in [0.15, 0.2) is 0 Å². The first-order valence-corrected chi connectivity index (χ1v) is 18.0. The van der Waals surface area contributed by atoms with E-state index in [-0.39, 0.29) is 0 Å². The smallest absolute Gasteiger partial charge is 0.00262 e. The van der Waals surface area contributed by atoms with Crippen molar-refractivity contribution in [2.45, 2.75) is 0 Å².